The molecule has 0 aliphatic rings. The van der Waals surface area contributed by atoms with Crippen LogP contribution in [-0.4, -0.2) is 11.3 Å². The molecule has 0 spiro atoms. The van der Waals surface area contributed by atoms with Gasteiger partial charge in [0.25, 0.3) is 0 Å². The van der Waals surface area contributed by atoms with Crippen molar-refractivity contribution in [2.75, 3.05) is 0 Å². The average molecular weight is 218 g/mol. The van der Waals surface area contributed by atoms with Crippen LogP contribution < -0.4 is 5.73 Å². The van der Waals surface area contributed by atoms with Crippen molar-refractivity contribution in [1.82, 2.24) is 0 Å². The highest BCUT2D eigenvalue weighted by atomic mass is 35.5. The van der Waals surface area contributed by atoms with E-state index in [-0.39, 0.29) is 0 Å². The Morgan fingerprint density at radius 2 is 1.92 bits per heavy atom. The van der Waals surface area contributed by atoms with Gasteiger partial charge in [0.2, 0.25) is 0 Å². The fourth-order valence-electron chi connectivity index (χ4n) is 0.855. The van der Waals surface area contributed by atoms with Crippen LogP contribution in [0.2, 0.25) is 5.02 Å². The Morgan fingerprint density at radius 3 is 2.38 bits per heavy atom. The van der Waals surface area contributed by atoms with E-state index in [9.17, 15) is 0 Å². The zero-order valence-corrected chi connectivity index (χ0v) is 8.26. The van der Waals surface area contributed by atoms with Crippen LogP contribution in [0, 0.1) is 0 Å². The fourth-order valence-corrected chi connectivity index (χ4v) is 1.24. The van der Waals surface area contributed by atoms with Crippen LogP contribution in [0.4, 0.5) is 0 Å². The van der Waals surface area contributed by atoms with Crippen molar-refractivity contribution in [2.24, 2.45) is 5.73 Å². The van der Waals surface area contributed by atoms with Gasteiger partial charge < -0.3 is 10.8 Å². The first-order valence-electron chi connectivity index (χ1n) is 3.66. The maximum absolute atomic E-state index is 8.83. The van der Waals surface area contributed by atoms with E-state index in [0.717, 1.165) is 5.56 Å². The number of aliphatic hydroxyl groups is 1. The lowest BCUT2D eigenvalue weighted by molar-refractivity contribution is 0.232. The van der Waals surface area contributed by atoms with Crippen molar-refractivity contribution in [3.63, 3.8) is 0 Å². The van der Waals surface area contributed by atoms with Crippen LogP contribution in [0.25, 0.3) is 5.03 Å². The van der Waals surface area contributed by atoms with E-state index in [2.05, 4.69) is 0 Å². The van der Waals surface area contributed by atoms with Gasteiger partial charge in [0.05, 0.1) is 0 Å². The molecule has 4 heteroatoms. The Labute approximate surface area is 86.6 Å². The second-order valence-electron chi connectivity index (χ2n) is 2.51. The molecule has 0 amide bonds. The molecule has 1 rings (SSSR count). The smallest absolute Gasteiger partial charge is 0.123 e. The van der Waals surface area contributed by atoms with E-state index < -0.39 is 6.23 Å². The molecule has 2 nitrogen and oxygen atoms in total. The van der Waals surface area contributed by atoms with E-state index in [4.69, 9.17) is 34.0 Å². The molecule has 1 aromatic rings. The van der Waals surface area contributed by atoms with Gasteiger partial charge in [-0.1, -0.05) is 35.3 Å². The van der Waals surface area contributed by atoms with Gasteiger partial charge in [0, 0.05) is 10.1 Å². The molecule has 1 atom stereocenters. The summed E-state index contributed by atoms with van der Waals surface area (Å²) in [6, 6.07) is 6.94. The molecular formula is C9H9Cl2NO. The second-order valence-corrected chi connectivity index (χ2v) is 3.36. The first-order chi connectivity index (χ1) is 6.09. The standard InChI is InChI=1S/C9H9Cl2NO/c10-7-3-1-6(2-4-7)8(11)5-9(12)13/h1-5,9,13H,12H2/b8-5-/t9-/m0/s1. The molecular weight excluding hydrogens is 209 g/mol. The van der Waals surface area contributed by atoms with Crippen molar-refractivity contribution in [1.29, 1.82) is 0 Å². The lowest BCUT2D eigenvalue weighted by Gasteiger charge is -2.01. The number of halogens is 2. The van der Waals surface area contributed by atoms with Gasteiger partial charge in [-0.2, -0.15) is 0 Å². The van der Waals surface area contributed by atoms with Crippen LogP contribution in [-0.2, 0) is 0 Å². The number of hydrogen-bond donors (Lipinski definition) is 2. The molecule has 3 N–H and O–H groups in total. The molecule has 0 aliphatic heterocycles. The first-order valence-corrected chi connectivity index (χ1v) is 4.42. The minimum absolute atomic E-state index is 0.409. The number of hydrogen-bond acceptors (Lipinski definition) is 2. The van der Waals surface area contributed by atoms with Crippen LogP contribution in [0.15, 0.2) is 30.3 Å². The number of nitrogens with two attached hydrogens (primary N) is 1. The molecule has 13 heavy (non-hydrogen) atoms. The molecule has 0 bridgehead atoms. The third-order valence-electron chi connectivity index (χ3n) is 1.44. The lowest BCUT2D eigenvalue weighted by Crippen LogP contribution is -2.14. The lowest BCUT2D eigenvalue weighted by atomic mass is 10.2. The van der Waals surface area contributed by atoms with Crippen LogP contribution in [0.3, 0.4) is 0 Å². The van der Waals surface area contributed by atoms with Crippen molar-refractivity contribution >= 4 is 28.2 Å². The Morgan fingerprint density at radius 1 is 1.38 bits per heavy atom. The molecule has 0 saturated heterocycles. The molecule has 0 unspecified atom stereocenters. The summed E-state index contributed by atoms with van der Waals surface area (Å²) in [6.07, 6.45) is 0.313. The minimum atomic E-state index is -1.04. The van der Waals surface area contributed by atoms with Crippen LogP contribution in [0.5, 0.6) is 0 Å². The maximum Gasteiger partial charge on any atom is 0.123 e. The third kappa shape index (κ3) is 3.36. The van der Waals surface area contributed by atoms with Gasteiger partial charge in [-0.3, -0.25) is 0 Å². The average Bonchev–Trinajstić information content (AvgIpc) is 2.04. The Hall–Kier alpha value is -0.540. The molecule has 0 heterocycles. The highest BCUT2D eigenvalue weighted by molar-refractivity contribution is 6.48. The van der Waals surface area contributed by atoms with Crippen molar-refractivity contribution in [2.45, 2.75) is 6.23 Å². The quantitative estimate of drug-likeness (QED) is 0.747. The normalized spacial score (nSPS) is 14.3. The largest absolute Gasteiger partial charge is 0.375 e. The molecule has 0 aromatic heterocycles. The summed E-state index contributed by atoms with van der Waals surface area (Å²) in [7, 11) is 0. The molecule has 0 fully saturated rings. The first kappa shape index (κ1) is 10.5. The van der Waals surface area contributed by atoms with E-state index >= 15 is 0 Å². The summed E-state index contributed by atoms with van der Waals surface area (Å²) in [6.45, 7) is 0. The van der Waals surface area contributed by atoms with E-state index in [0.29, 0.717) is 10.1 Å². The molecule has 70 valence electrons. The molecule has 0 saturated carbocycles. The highest BCUT2D eigenvalue weighted by Crippen LogP contribution is 2.20. The van der Waals surface area contributed by atoms with E-state index in [1.54, 1.807) is 24.3 Å². The summed E-state index contributed by atoms with van der Waals surface area (Å²) in [5.74, 6) is 0. The van der Waals surface area contributed by atoms with Gasteiger partial charge in [0.15, 0.2) is 0 Å². The number of rotatable bonds is 2. The van der Waals surface area contributed by atoms with Gasteiger partial charge in [-0.25, -0.2) is 0 Å². The Kier molecular flexibility index (Phi) is 3.75. The predicted molar refractivity (Wildman–Crippen MR) is 55.5 cm³/mol. The summed E-state index contributed by atoms with van der Waals surface area (Å²) in [5, 5.41) is 9.88. The van der Waals surface area contributed by atoms with Crippen molar-refractivity contribution in [3.8, 4) is 0 Å². The van der Waals surface area contributed by atoms with E-state index in [1.165, 1.54) is 6.08 Å². The molecule has 1 aromatic carbocycles. The summed E-state index contributed by atoms with van der Waals surface area (Å²) in [5.41, 5.74) is 5.90. The molecule has 0 radical (unpaired) electrons. The van der Waals surface area contributed by atoms with Crippen LogP contribution in [0.1, 0.15) is 5.56 Å². The highest BCUT2D eigenvalue weighted by Gasteiger charge is 1.99. The monoisotopic (exact) mass is 217 g/mol. The summed E-state index contributed by atoms with van der Waals surface area (Å²) >= 11 is 11.5. The zero-order chi connectivity index (χ0) is 9.84. The second kappa shape index (κ2) is 4.63. The van der Waals surface area contributed by atoms with Crippen molar-refractivity contribution < 1.29 is 5.11 Å². The van der Waals surface area contributed by atoms with E-state index in [1.807, 2.05) is 0 Å². The van der Waals surface area contributed by atoms with Gasteiger partial charge in [-0.15, -0.1) is 0 Å². The fraction of sp³-hybridized carbons (Fsp3) is 0.111. The number of benzene rings is 1. The Balaban J connectivity index is 2.89. The van der Waals surface area contributed by atoms with Gasteiger partial charge in [-0.05, 0) is 23.8 Å². The Bertz CT molecular complexity index is 306. The van der Waals surface area contributed by atoms with Gasteiger partial charge >= 0.3 is 0 Å². The van der Waals surface area contributed by atoms with Gasteiger partial charge in [0.1, 0.15) is 6.23 Å². The maximum atomic E-state index is 8.83. The van der Waals surface area contributed by atoms with Crippen molar-refractivity contribution in [3.05, 3.63) is 40.9 Å². The SMILES string of the molecule is N[C@@H](O)/C=C(\Cl)c1ccc(Cl)cc1. The predicted octanol–water partition coefficient (Wildman–Crippen LogP) is 2.20. The number of aliphatic hydroxyl groups excluding tert-OH is 1. The minimum Gasteiger partial charge on any atom is -0.375 e. The van der Waals surface area contributed by atoms with Crippen LogP contribution >= 0.6 is 23.2 Å². The topological polar surface area (TPSA) is 46.2 Å². The summed E-state index contributed by atoms with van der Waals surface area (Å²) in [4.78, 5) is 0. The third-order valence-corrected chi connectivity index (χ3v) is 2.03. The molecule has 0 aliphatic carbocycles. The summed E-state index contributed by atoms with van der Waals surface area (Å²) < 4.78 is 0. The zero-order valence-electron chi connectivity index (χ0n) is 6.74.